The lowest BCUT2D eigenvalue weighted by atomic mass is 9.94. The number of aliphatic hydroxyl groups is 1. The van der Waals surface area contributed by atoms with Gasteiger partial charge in [0.25, 0.3) is 5.78 Å². The number of benzene rings is 3. The number of hydrogen-bond acceptors (Lipinski definition) is 7. The highest BCUT2D eigenvalue weighted by Crippen LogP contribution is 2.45. The number of thiazole rings is 1. The van der Waals surface area contributed by atoms with E-state index in [-0.39, 0.29) is 11.3 Å². The molecule has 2 heterocycles. The summed E-state index contributed by atoms with van der Waals surface area (Å²) < 4.78 is 11.5. The summed E-state index contributed by atoms with van der Waals surface area (Å²) in [5.41, 5.74) is 3.60. The molecule has 7 nitrogen and oxygen atoms in total. The molecule has 1 amide bonds. The Morgan fingerprint density at radius 1 is 1.00 bits per heavy atom. The molecule has 0 radical (unpaired) electrons. The molecule has 1 saturated heterocycles. The molecule has 4 aromatic rings. The Kier molecular flexibility index (Phi) is 5.97. The standard InChI is InChI=1S/C28H24N2O5S/c1-15-6-5-7-17(12-15)24-23(25(31)18-8-11-21(35-4)16(2)13-18)26(32)27(33)30(24)28-29-20-10-9-19(34-3)14-22(20)36-28/h5-14,24,31H,1-4H3/b25-23+. The van der Waals surface area contributed by atoms with E-state index >= 15 is 0 Å². The zero-order chi connectivity index (χ0) is 25.6. The number of aryl methyl sites for hydroxylation is 2. The van der Waals surface area contributed by atoms with E-state index in [2.05, 4.69) is 4.98 Å². The quantitative estimate of drug-likeness (QED) is 0.219. The van der Waals surface area contributed by atoms with Crippen LogP contribution in [-0.2, 0) is 9.59 Å². The lowest BCUT2D eigenvalue weighted by Gasteiger charge is -2.23. The SMILES string of the molecule is COc1ccc2nc(N3C(=O)C(=O)/C(=C(/O)c4ccc(OC)c(C)c4)C3c3cccc(C)c3)sc2c1. The van der Waals surface area contributed by atoms with Crippen molar-refractivity contribution in [3.8, 4) is 11.5 Å². The summed E-state index contributed by atoms with van der Waals surface area (Å²) in [5.74, 6) is -0.406. The molecule has 1 fully saturated rings. The minimum Gasteiger partial charge on any atom is -0.507 e. The van der Waals surface area contributed by atoms with Gasteiger partial charge < -0.3 is 14.6 Å². The molecule has 0 saturated carbocycles. The molecule has 182 valence electrons. The summed E-state index contributed by atoms with van der Waals surface area (Å²) in [6.07, 6.45) is 0. The van der Waals surface area contributed by atoms with Crippen LogP contribution >= 0.6 is 11.3 Å². The number of methoxy groups -OCH3 is 2. The average molecular weight is 501 g/mol. The fraction of sp³-hybridized carbons (Fsp3) is 0.179. The molecule has 1 aliphatic heterocycles. The van der Waals surface area contributed by atoms with Crippen LogP contribution in [0.1, 0.15) is 28.3 Å². The van der Waals surface area contributed by atoms with Gasteiger partial charge >= 0.3 is 5.91 Å². The van der Waals surface area contributed by atoms with Crippen LogP contribution in [0.3, 0.4) is 0 Å². The van der Waals surface area contributed by atoms with Crippen LogP contribution in [-0.4, -0.2) is 36.0 Å². The van der Waals surface area contributed by atoms with E-state index < -0.39 is 17.7 Å². The first-order chi connectivity index (χ1) is 17.3. The molecular formula is C28H24N2O5S. The molecule has 1 atom stereocenters. The van der Waals surface area contributed by atoms with Gasteiger partial charge in [0.15, 0.2) is 5.13 Å². The molecule has 3 aromatic carbocycles. The van der Waals surface area contributed by atoms with Crippen LogP contribution in [0.2, 0.25) is 0 Å². The number of ketones is 1. The Morgan fingerprint density at radius 3 is 2.50 bits per heavy atom. The topological polar surface area (TPSA) is 89.0 Å². The van der Waals surface area contributed by atoms with Gasteiger partial charge in [-0.15, -0.1) is 0 Å². The van der Waals surface area contributed by atoms with Gasteiger partial charge in [-0.2, -0.15) is 0 Å². The van der Waals surface area contributed by atoms with Crippen molar-refractivity contribution in [2.24, 2.45) is 0 Å². The van der Waals surface area contributed by atoms with E-state index in [9.17, 15) is 14.7 Å². The molecule has 8 heteroatoms. The van der Waals surface area contributed by atoms with Crippen LogP contribution in [0, 0.1) is 13.8 Å². The Hall–Kier alpha value is -4.17. The molecule has 1 aliphatic rings. The molecule has 1 unspecified atom stereocenters. The predicted molar refractivity (Wildman–Crippen MR) is 140 cm³/mol. The van der Waals surface area contributed by atoms with Crippen molar-refractivity contribution in [3.05, 3.63) is 88.5 Å². The first kappa shape index (κ1) is 23.6. The van der Waals surface area contributed by atoms with E-state index in [1.165, 1.54) is 16.2 Å². The molecule has 5 rings (SSSR count). The molecule has 0 bridgehead atoms. The van der Waals surface area contributed by atoms with Crippen LogP contribution in [0.4, 0.5) is 5.13 Å². The van der Waals surface area contributed by atoms with Crippen molar-refractivity contribution in [1.82, 2.24) is 4.98 Å². The summed E-state index contributed by atoms with van der Waals surface area (Å²) >= 11 is 1.29. The summed E-state index contributed by atoms with van der Waals surface area (Å²) in [4.78, 5) is 32.9. The van der Waals surface area contributed by atoms with Crippen LogP contribution < -0.4 is 14.4 Å². The van der Waals surface area contributed by atoms with Crippen LogP contribution in [0.15, 0.2) is 66.2 Å². The second-order valence-corrected chi connectivity index (χ2v) is 9.61. The molecule has 1 N–H and O–H groups in total. The van der Waals surface area contributed by atoms with Crippen molar-refractivity contribution >= 4 is 44.1 Å². The van der Waals surface area contributed by atoms with Crippen molar-refractivity contribution in [1.29, 1.82) is 0 Å². The number of ether oxygens (including phenoxy) is 2. The molecule has 1 aromatic heterocycles. The number of hydrogen-bond donors (Lipinski definition) is 1. The van der Waals surface area contributed by atoms with E-state index in [0.717, 1.165) is 15.8 Å². The Labute approximate surface area is 212 Å². The third-order valence-electron chi connectivity index (χ3n) is 6.26. The monoisotopic (exact) mass is 500 g/mol. The van der Waals surface area contributed by atoms with E-state index in [4.69, 9.17) is 9.47 Å². The largest absolute Gasteiger partial charge is 0.507 e. The van der Waals surface area contributed by atoms with Gasteiger partial charge in [0.05, 0.1) is 36.1 Å². The summed E-state index contributed by atoms with van der Waals surface area (Å²) in [6, 6.07) is 17.3. The van der Waals surface area contributed by atoms with Gasteiger partial charge in [0, 0.05) is 5.56 Å². The van der Waals surface area contributed by atoms with Crippen molar-refractivity contribution in [3.63, 3.8) is 0 Å². The molecule has 0 aliphatic carbocycles. The highest BCUT2D eigenvalue weighted by molar-refractivity contribution is 7.22. The third-order valence-corrected chi connectivity index (χ3v) is 7.28. The van der Waals surface area contributed by atoms with E-state index in [0.29, 0.717) is 33.3 Å². The minimum atomic E-state index is -0.838. The number of amides is 1. The number of Topliss-reactive ketones (excluding diaryl/α,β-unsaturated/α-hetero) is 1. The van der Waals surface area contributed by atoms with Gasteiger partial charge in [-0.25, -0.2) is 4.98 Å². The number of rotatable bonds is 5. The zero-order valence-corrected chi connectivity index (χ0v) is 21.1. The van der Waals surface area contributed by atoms with Crippen molar-refractivity contribution in [2.45, 2.75) is 19.9 Å². The maximum Gasteiger partial charge on any atom is 0.301 e. The Bertz CT molecular complexity index is 1550. The highest BCUT2D eigenvalue weighted by atomic mass is 32.1. The number of carbonyl (C=O) groups is 2. The number of carbonyl (C=O) groups excluding carboxylic acids is 2. The Morgan fingerprint density at radius 2 is 1.81 bits per heavy atom. The molecule has 0 spiro atoms. The van der Waals surface area contributed by atoms with Crippen LogP contribution in [0.25, 0.3) is 16.0 Å². The summed E-state index contributed by atoms with van der Waals surface area (Å²) in [7, 11) is 3.15. The first-order valence-corrected chi connectivity index (χ1v) is 12.1. The normalized spacial score (nSPS) is 17.1. The molecule has 36 heavy (non-hydrogen) atoms. The van der Waals surface area contributed by atoms with Crippen molar-refractivity contribution < 1.29 is 24.2 Å². The Balaban J connectivity index is 1.72. The maximum atomic E-state index is 13.4. The van der Waals surface area contributed by atoms with E-state index in [1.807, 2.05) is 50.2 Å². The number of aliphatic hydroxyl groups excluding tert-OH is 1. The fourth-order valence-electron chi connectivity index (χ4n) is 4.49. The second-order valence-electron chi connectivity index (χ2n) is 8.60. The summed E-state index contributed by atoms with van der Waals surface area (Å²) in [5, 5.41) is 11.7. The van der Waals surface area contributed by atoms with Gasteiger partial charge in [-0.3, -0.25) is 14.5 Å². The lowest BCUT2D eigenvalue weighted by molar-refractivity contribution is -0.132. The first-order valence-electron chi connectivity index (χ1n) is 11.3. The number of anilines is 1. The van der Waals surface area contributed by atoms with Gasteiger partial charge in [-0.1, -0.05) is 41.2 Å². The van der Waals surface area contributed by atoms with Gasteiger partial charge in [0.2, 0.25) is 0 Å². The third kappa shape index (κ3) is 3.89. The maximum absolute atomic E-state index is 13.4. The predicted octanol–water partition coefficient (Wildman–Crippen LogP) is 5.56. The zero-order valence-electron chi connectivity index (χ0n) is 20.2. The van der Waals surface area contributed by atoms with Crippen molar-refractivity contribution in [2.75, 3.05) is 19.1 Å². The smallest absolute Gasteiger partial charge is 0.301 e. The number of fused-ring (bicyclic) bond motifs is 1. The van der Waals surface area contributed by atoms with Gasteiger partial charge in [0.1, 0.15) is 17.3 Å². The average Bonchev–Trinajstić information content (AvgIpc) is 3.41. The molecular weight excluding hydrogens is 476 g/mol. The fourth-order valence-corrected chi connectivity index (χ4v) is 5.51. The van der Waals surface area contributed by atoms with Gasteiger partial charge in [-0.05, 0) is 61.4 Å². The second kappa shape index (κ2) is 9.13. The number of nitrogens with zero attached hydrogens (tertiary/aromatic N) is 2. The van der Waals surface area contributed by atoms with Crippen LogP contribution in [0.5, 0.6) is 11.5 Å². The highest BCUT2D eigenvalue weighted by Gasteiger charge is 2.48. The minimum absolute atomic E-state index is 0.0204. The lowest BCUT2D eigenvalue weighted by Crippen LogP contribution is -2.29. The van der Waals surface area contributed by atoms with E-state index in [1.54, 1.807) is 38.5 Å². The number of aromatic nitrogens is 1. The summed E-state index contributed by atoms with van der Waals surface area (Å²) in [6.45, 7) is 3.79.